The third-order valence-corrected chi connectivity index (χ3v) is 3.51. The van der Waals surface area contributed by atoms with Crippen molar-refractivity contribution in [3.05, 3.63) is 29.6 Å². The Morgan fingerprint density at radius 3 is 3.06 bits per heavy atom. The number of ether oxygens (including phenoxy) is 1. The maximum atomic E-state index is 13.1. The van der Waals surface area contributed by atoms with Crippen LogP contribution in [-0.2, 0) is 9.53 Å². The van der Waals surface area contributed by atoms with Gasteiger partial charge in [0.1, 0.15) is 5.82 Å². The summed E-state index contributed by atoms with van der Waals surface area (Å²) in [5, 5.41) is 2.72. The summed E-state index contributed by atoms with van der Waals surface area (Å²) in [5.74, 6) is -0.303. The van der Waals surface area contributed by atoms with Crippen molar-refractivity contribution in [3.8, 4) is 0 Å². The zero-order chi connectivity index (χ0) is 11.8. The number of hydrogen-bond acceptors (Lipinski definition) is 2. The van der Waals surface area contributed by atoms with E-state index in [1.807, 2.05) is 0 Å². The van der Waals surface area contributed by atoms with E-state index in [1.165, 1.54) is 12.1 Å². The topological polar surface area (TPSA) is 38.3 Å². The summed E-state index contributed by atoms with van der Waals surface area (Å²) in [6, 6.07) is 4.59. The monoisotopic (exact) mass is 235 g/mol. The molecule has 2 unspecified atom stereocenters. The van der Waals surface area contributed by atoms with Gasteiger partial charge in [0.05, 0.1) is 6.10 Å². The molecular formula is C13H14FNO2. The van der Waals surface area contributed by atoms with Crippen LogP contribution < -0.4 is 5.32 Å². The fourth-order valence-electron chi connectivity index (χ4n) is 2.72. The highest BCUT2D eigenvalue weighted by atomic mass is 19.1. The lowest BCUT2D eigenvalue weighted by Crippen LogP contribution is -2.29. The molecule has 1 aromatic carbocycles. The minimum Gasteiger partial charge on any atom is -0.378 e. The van der Waals surface area contributed by atoms with Crippen molar-refractivity contribution in [2.75, 3.05) is 11.9 Å². The van der Waals surface area contributed by atoms with Gasteiger partial charge in [-0.15, -0.1) is 0 Å². The Hall–Kier alpha value is -1.42. The van der Waals surface area contributed by atoms with Crippen LogP contribution in [0.15, 0.2) is 18.2 Å². The van der Waals surface area contributed by atoms with E-state index in [-0.39, 0.29) is 23.7 Å². The SMILES string of the molecule is O=C1CC(C2CCCO2)c2ccc(F)cc2N1. The lowest BCUT2D eigenvalue weighted by Gasteiger charge is -2.29. The molecule has 1 N–H and O–H groups in total. The van der Waals surface area contributed by atoms with E-state index in [1.54, 1.807) is 6.07 Å². The molecule has 1 fully saturated rings. The number of amides is 1. The van der Waals surface area contributed by atoms with Crippen molar-refractivity contribution in [1.82, 2.24) is 0 Å². The van der Waals surface area contributed by atoms with E-state index in [2.05, 4.69) is 5.32 Å². The van der Waals surface area contributed by atoms with E-state index >= 15 is 0 Å². The maximum absolute atomic E-state index is 13.1. The quantitative estimate of drug-likeness (QED) is 0.811. The van der Waals surface area contributed by atoms with Gasteiger partial charge in [0, 0.05) is 24.6 Å². The average molecular weight is 235 g/mol. The maximum Gasteiger partial charge on any atom is 0.225 e. The Labute approximate surface area is 99.0 Å². The summed E-state index contributed by atoms with van der Waals surface area (Å²) >= 11 is 0. The molecule has 1 saturated heterocycles. The predicted octanol–water partition coefficient (Wildman–Crippen LogP) is 2.43. The molecule has 2 heterocycles. The molecule has 2 aliphatic heterocycles. The van der Waals surface area contributed by atoms with E-state index in [9.17, 15) is 9.18 Å². The summed E-state index contributed by atoms with van der Waals surface area (Å²) in [7, 11) is 0. The molecule has 0 bridgehead atoms. The summed E-state index contributed by atoms with van der Waals surface area (Å²) in [5.41, 5.74) is 1.60. The Kier molecular flexibility index (Phi) is 2.59. The number of carbonyl (C=O) groups is 1. The third kappa shape index (κ3) is 1.93. The van der Waals surface area contributed by atoms with Gasteiger partial charge < -0.3 is 10.1 Å². The Balaban J connectivity index is 1.98. The molecule has 2 atom stereocenters. The third-order valence-electron chi connectivity index (χ3n) is 3.51. The van der Waals surface area contributed by atoms with Crippen molar-refractivity contribution in [3.63, 3.8) is 0 Å². The molecule has 90 valence electrons. The van der Waals surface area contributed by atoms with Crippen LogP contribution >= 0.6 is 0 Å². The summed E-state index contributed by atoms with van der Waals surface area (Å²) in [6.07, 6.45) is 2.56. The number of carbonyl (C=O) groups excluding carboxylic acids is 1. The van der Waals surface area contributed by atoms with E-state index in [0.29, 0.717) is 12.1 Å². The number of hydrogen-bond donors (Lipinski definition) is 1. The minimum atomic E-state index is -0.322. The predicted molar refractivity (Wildman–Crippen MR) is 61.4 cm³/mol. The van der Waals surface area contributed by atoms with Crippen molar-refractivity contribution >= 4 is 11.6 Å². The van der Waals surface area contributed by atoms with Gasteiger partial charge in [-0.1, -0.05) is 6.07 Å². The summed E-state index contributed by atoms with van der Waals surface area (Å²) in [6.45, 7) is 0.763. The molecule has 0 spiro atoms. The standard InChI is InChI=1S/C13H14FNO2/c14-8-3-4-9-10(12-2-1-5-17-12)7-13(16)15-11(9)6-8/h3-4,6,10,12H,1-2,5,7H2,(H,15,16). The second kappa shape index (κ2) is 4.11. The lowest BCUT2D eigenvalue weighted by molar-refractivity contribution is -0.117. The van der Waals surface area contributed by atoms with Crippen LogP contribution in [0.4, 0.5) is 10.1 Å². The molecule has 0 saturated carbocycles. The van der Waals surface area contributed by atoms with Gasteiger partial charge in [0.15, 0.2) is 0 Å². The Morgan fingerprint density at radius 2 is 2.29 bits per heavy atom. The average Bonchev–Trinajstić information content (AvgIpc) is 2.80. The first-order valence-electron chi connectivity index (χ1n) is 5.95. The summed E-state index contributed by atoms with van der Waals surface area (Å²) < 4.78 is 18.8. The lowest BCUT2D eigenvalue weighted by atomic mass is 9.85. The fraction of sp³-hybridized carbons (Fsp3) is 0.462. The van der Waals surface area contributed by atoms with Gasteiger partial charge in [0.2, 0.25) is 5.91 Å². The zero-order valence-corrected chi connectivity index (χ0v) is 9.41. The van der Waals surface area contributed by atoms with E-state index in [0.717, 1.165) is 25.0 Å². The number of benzene rings is 1. The van der Waals surface area contributed by atoms with E-state index < -0.39 is 0 Å². The zero-order valence-electron chi connectivity index (χ0n) is 9.41. The molecule has 0 radical (unpaired) electrons. The molecule has 3 rings (SSSR count). The first-order valence-corrected chi connectivity index (χ1v) is 5.95. The van der Waals surface area contributed by atoms with Crippen LogP contribution in [0.1, 0.15) is 30.7 Å². The second-order valence-corrected chi connectivity index (χ2v) is 4.64. The molecule has 1 aromatic rings. The highest BCUT2D eigenvalue weighted by Gasteiger charge is 2.34. The Bertz CT molecular complexity index is 455. The van der Waals surface area contributed by atoms with Crippen molar-refractivity contribution < 1.29 is 13.9 Å². The van der Waals surface area contributed by atoms with Crippen LogP contribution in [0.2, 0.25) is 0 Å². The van der Waals surface area contributed by atoms with E-state index in [4.69, 9.17) is 4.74 Å². The van der Waals surface area contributed by atoms with Crippen molar-refractivity contribution in [2.45, 2.75) is 31.3 Å². The highest BCUT2D eigenvalue weighted by Crippen LogP contribution is 2.38. The highest BCUT2D eigenvalue weighted by molar-refractivity contribution is 5.94. The summed E-state index contributed by atoms with van der Waals surface area (Å²) in [4.78, 5) is 11.6. The van der Waals surface area contributed by atoms with Crippen LogP contribution in [0.5, 0.6) is 0 Å². The van der Waals surface area contributed by atoms with Crippen molar-refractivity contribution in [1.29, 1.82) is 0 Å². The fourth-order valence-corrected chi connectivity index (χ4v) is 2.72. The van der Waals surface area contributed by atoms with Gasteiger partial charge in [-0.2, -0.15) is 0 Å². The van der Waals surface area contributed by atoms with Crippen LogP contribution in [0.3, 0.4) is 0 Å². The van der Waals surface area contributed by atoms with Gasteiger partial charge in [0.25, 0.3) is 0 Å². The largest absolute Gasteiger partial charge is 0.378 e. The molecule has 3 nitrogen and oxygen atoms in total. The number of fused-ring (bicyclic) bond motifs is 1. The van der Waals surface area contributed by atoms with Crippen LogP contribution in [0.25, 0.3) is 0 Å². The smallest absolute Gasteiger partial charge is 0.225 e. The number of rotatable bonds is 1. The number of anilines is 1. The molecule has 1 amide bonds. The molecule has 17 heavy (non-hydrogen) atoms. The molecule has 4 heteroatoms. The van der Waals surface area contributed by atoms with Gasteiger partial charge in [-0.05, 0) is 30.5 Å². The normalized spacial score (nSPS) is 27.7. The number of nitrogens with one attached hydrogen (secondary N) is 1. The Morgan fingerprint density at radius 1 is 1.41 bits per heavy atom. The van der Waals surface area contributed by atoms with Gasteiger partial charge in [-0.25, -0.2) is 4.39 Å². The first kappa shape index (κ1) is 10.7. The molecule has 0 aliphatic carbocycles. The van der Waals surface area contributed by atoms with Crippen molar-refractivity contribution in [2.24, 2.45) is 0 Å². The minimum absolute atomic E-state index is 0.0522. The molecule has 0 aromatic heterocycles. The van der Waals surface area contributed by atoms with Crippen LogP contribution in [0, 0.1) is 5.82 Å². The van der Waals surface area contributed by atoms with Crippen LogP contribution in [-0.4, -0.2) is 18.6 Å². The molecule has 2 aliphatic rings. The van der Waals surface area contributed by atoms with Gasteiger partial charge in [-0.3, -0.25) is 4.79 Å². The second-order valence-electron chi connectivity index (χ2n) is 4.64. The first-order chi connectivity index (χ1) is 8.24. The number of halogens is 1. The van der Waals surface area contributed by atoms with Gasteiger partial charge >= 0.3 is 0 Å². The molecular weight excluding hydrogens is 221 g/mol.